The van der Waals surface area contributed by atoms with Gasteiger partial charge in [0.2, 0.25) is 5.91 Å². The molecule has 1 rings (SSSR count). The number of amides is 1. The van der Waals surface area contributed by atoms with E-state index in [1.165, 1.54) is 0 Å². The molecule has 0 saturated carbocycles. The Morgan fingerprint density at radius 2 is 1.82 bits per heavy atom. The van der Waals surface area contributed by atoms with E-state index >= 15 is 0 Å². The fourth-order valence-electron chi connectivity index (χ4n) is 1.45. The molecule has 92 valence electrons. The van der Waals surface area contributed by atoms with Gasteiger partial charge >= 0.3 is 5.97 Å². The number of carboxylic acid groups (broad SMARTS) is 1. The second-order valence-electron chi connectivity index (χ2n) is 4.21. The summed E-state index contributed by atoms with van der Waals surface area (Å²) >= 11 is 0. The number of carbonyl (C=O) groups excluding carboxylic acids is 1. The largest absolute Gasteiger partial charge is 0.481 e. The van der Waals surface area contributed by atoms with Gasteiger partial charge in [-0.05, 0) is 11.1 Å². The van der Waals surface area contributed by atoms with Crippen LogP contribution in [0.5, 0.6) is 0 Å². The van der Waals surface area contributed by atoms with Crippen LogP contribution in [0.1, 0.15) is 25.0 Å². The highest BCUT2D eigenvalue weighted by atomic mass is 16.4. The maximum atomic E-state index is 11.4. The fraction of sp³-hybridized carbons (Fsp3) is 0.385. The van der Waals surface area contributed by atoms with Crippen LogP contribution in [0.3, 0.4) is 0 Å². The smallest absolute Gasteiger partial charge is 0.307 e. The van der Waals surface area contributed by atoms with E-state index in [-0.39, 0.29) is 18.2 Å². The first-order valence-corrected chi connectivity index (χ1v) is 5.57. The Labute approximate surface area is 101 Å². The maximum absolute atomic E-state index is 11.4. The second kappa shape index (κ2) is 6.03. The molecule has 0 aliphatic carbocycles. The Hall–Kier alpha value is -1.84. The zero-order valence-electron chi connectivity index (χ0n) is 10.1. The summed E-state index contributed by atoms with van der Waals surface area (Å²) in [5.41, 5.74) is 1.59. The van der Waals surface area contributed by atoms with E-state index in [4.69, 9.17) is 5.11 Å². The van der Waals surface area contributed by atoms with E-state index in [0.717, 1.165) is 11.1 Å². The van der Waals surface area contributed by atoms with Crippen LogP contribution in [-0.4, -0.2) is 17.0 Å². The normalized spacial score (nSPS) is 10.3. The number of rotatable bonds is 5. The minimum Gasteiger partial charge on any atom is -0.481 e. The summed E-state index contributed by atoms with van der Waals surface area (Å²) in [6, 6.07) is 7.23. The monoisotopic (exact) mass is 235 g/mol. The first-order valence-electron chi connectivity index (χ1n) is 5.57. The van der Waals surface area contributed by atoms with E-state index in [1.807, 2.05) is 26.0 Å². The highest BCUT2D eigenvalue weighted by Gasteiger charge is 2.09. The highest BCUT2D eigenvalue weighted by molar-refractivity contribution is 5.78. The molecule has 0 fully saturated rings. The van der Waals surface area contributed by atoms with Gasteiger partial charge in [0.05, 0.1) is 6.42 Å². The molecule has 0 bridgehead atoms. The van der Waals surface area contributed by atoms with E-state index < -0.39 is 5.97 Å². The molecule has 4 heteroatoms. The topological polar surface area (TPSA) is 66.4 Å². The third kappa shape index (κ3) is 4.26. The molecule has 0 radical (unpaired) electrons. The average Bonchev–Trinajstić information content (AvgIpc) is 2.26. The molecule has 0 atom stereocenters. The molecular weight excluding hydrogens is 218 g/mol. The molecule has 0 aromatic heterocycles. The lowest BCUT2D eigenvalue weighted by molar-refractivity contribution is -0.136. The summed E-state index contributed by atoms with van der Waals surface area (Å²) in [6.07, 6.45) is -0.0201. The third-order valence-corrected chi connectivity index (χ3v) is 2.44. The van der Waals surface area contributed by atoms with Gasteiger partial charge in [-0.2, -0.15) is 0 Å². The molecule has 1 aromatic rings. The van der Waals surface area contributed by atoms with Crippen molar-refractivity contribution in [1.29, 1.82) is 0 Å². The van der Waals surface area contributed by atoms with Crippen LogP contribution in [0.25, 0.3) is 0 Å². The van der Waals surface area contributed by atoms with Gasteiger partial charge in [0.15, 0.2) is 0 Å². The summed E-state index contributed by atoms with van der Waals surface area (Å²) < 4.78 is 0. The summed E-state index contributed by atoms with van der Waals surface area (Å²) in [5.74, 6) is -0.968. The van der Waals surface area contributed by atoms with Crippen molar-refractivity contribution in [3.63, 3.8) is 0 Å². The molecule has 2 N–H and O–H groups in total. The quantitative estimate of drug-likeness (QED) is 0.814. The van der Waals surface area contributed by atoms with Gasteiger partial charge in [-0.3, -0.25) is 9.59 Å². The van der Waals surface area contributed by atoms with E-state index in [9.17, 15) is 9.59 Å². The molecule has 1 amide bonds. The lowest BCUT2D eigenvalue weighted by atomic mass is 10.0. The van der Waals surface area contributed by atoms with Crippen LogP contribution >= 0.6 is 0 Å². The van der Waals surface area contributed by atoms with Crippen LogP contribution in [-0.2, 0) is 22.6 Å². The SMILES string of the molecule is CC(C)C(=O)NCc1ccccc1CC(=O)O. The van der Waals surface area contributed by atoms with Gasteiger partial charge < -0.3 is 10.4 Å². The molecule has 0 saturated heterocycles. The zero-order valence-corrected chi connectivity index (χ0v) is 10.1. The Morgan fingerprint density at radius 1 is 1.24 bits per heavy atom. The van der Waals surface area contributed by atoms with Crippen molar-refractivity contribution in [2.75, 3.05) is 0 Å². The second-order valence-corrected chi connectivity index (χ2v) is 4.21. The standard InChI is InChI=1S/C13H17NO3/c1-9(2)13(17)14-8-11-6-4-3-5-10(11)7-12(15)16/h3-6,9H,7-8H2,1-2H3,(H,14,17)(H,15,16). The number of benzene rings is 1. The van der Waals surface area contributed by atoms with Crippen molar-refractivity contribution < 1.29 is 14.7 Å². The first kappa shape index (κ1) is 13.2. The number of carbonyl (C=O) groups is 2. The minimum atomic E-state index is -0.868. The van der Waals surface area contributed by atoms with Crippen LogP contribution in [0.15, 0.2) is 24.3 Å². The number of hydrogen-bond donors (Lipinski definition) is 2. The predicted molar refractivity (Wildman–Crippen MR) is 64.5 cm³/mol. The Bertz CT molecular complexity index is 413. The Balaban J connectivity index is 2.70. The van der Waals surface area contributed by atoms with Gasteiger partial charge in [-0.1, -0.05) is 38.1 Å². The lowest BCUT2D eigenvalue weighted by Crippen LogP contribution is -2.27. The van der Waals surface area contributed by atoms with Gasteiger partial charge in [0.25, 0.3) is 0 Å². The molecule has 0 aliphatic heterocycles. The Kier molecular flexibility index (Phi) is 4.69. The molecule has 17 heavy (non-hydrogen) atoms. The van der Waals surface area contributed by atoms with Crippen LogP contribution in [0, 0.1) is 5.92 Å². The summed E-state index contributed by atoms with van der Waals surface area (Å²) in [7, 11) is 0. The van der Waals surface area contributed by atoms with Crippen molar-refractivity contribution in [1.82, 2.24) is 5.32 Å². The lowest BCUT2D eigenvalue weighted by Gasteiger charge is -2.10. The van der Waals surface area contributed by atoms with Crippen LogP contribution in [0.4, 0.5) is 0 Å². The minimum absolute atomic E-state index is 0.0201. The van der Waals surface area contributed by atoms with Crippen LogP contribution in [0.2, 0.25) is 0 Å². The van der Waals surface area contributed by atoms with Crippen molar-refractivity contribution in [3.05, 3.63) is 35.4 Å². The van der Waals surface area contributed by atoms with E-state index in [1.54, 1.807) is 12.1 Å². The summed E-state index contributed by atoms with van der Waals surface area (Å²) in [5, 5.41) is 11.5. The maximum Gasteiger partial charge on any atom is 0.307 e. The molecular formula is C13H17NO3. The van der Waals surface area contributed by atoms with Crippen molar-refractivity contribution in [2.24, 2.45) is 5.92 Å². The molecule has 1 aromatic carbocycles. The molecule has 0 unspecified atom stereocenters. The summed E-state index contributed by atoms with van der Waals surface area (Å²) in [6.45, 7) is 4.01. The predicted octanol–water partition coefficient (Wildman–Crippen LogP) is 1.59. The summed E-state index contributed by atoms with van der Waals surface area (Å²) in [4.78, 5) is 22.1. The molecule has 0 heterocycles. The average molecular weight is 235 g/mol. The van der Waals surface area contributed by atoms with Crippen molar-refractivity contribution >= 4 is 11.9 Å². The number of hydrogen-bond acceptors (Lipinski definition) is 2. The zero-order chi connectivity index (χ0) is 12.8. The van der Waals surface area contributed by atoms with E-state index in [0.29, 0.717) is 6.54 Å². The van der Waals surface area contributed by atoms with E-state index in [2.05, 4.69) is 5.32 Å². The van der Waals surface area contributed by atoms with Crippen LogP contribution < -0.4 is 5.32 Å². The molecule has 0 spiro atoms. The van der Waals surface area contributed by atoms with Crippen molar-refractivity contribution in [3.8, 4) is 0 Å². The van der Waals surface area contributed by atoms with Gasteiger partial charge in [0.1, 0.15) is 0 Å². The highest BCUT2D eigenvalue weighted by Crippen LogP contribution is 2.09. The third-order valence-electron chi connectivity index (χ3n) is 2.44. The van der Waals surface area contributed by atoms with Gasteiger partial charge in [-0.25, -0.2) is 0 Å². The molecule has 0 aliphatic rings. The van der Waals surface area contributed by atoms with Crippen molar-refractivity contribution in [2.45, 2.75) is 26.8 Å². The number of nitrogens with one attached hydrogen (secondary N) is 1. The Morgan fingerprint density at radius 3 is 2.35 bits per heavy atom. The fourth-order valence-corrected chi connectivity index (χ4v) is 1.45. The molecule has 4 nitrogen and oxygen atoms in total. The van der Waals surface area contributed by atoms with Gasteiger partial charge in [-0.15, -0.1) is 0 Å². The van der Waals surface area contributed by atoms with Gasteiger partial charge in [0, 0.05) is 12.5 Å². The number of carboxylic acids is 1. The number of aliphatic carboxylic acids is 1. The first-order chi connectivity index (χ1) is 8.00.